The number of hydrogen-bond acceptors (Lipinski definition) is 4. The van der Waals surface area contributed by atoms with Crippen LogP contribution in [0.2, 0.25) is 0 Å². The summed E-state index contributed by atoms with van der Waals surface area (Å²) >= 11 is 0. The average Bonchev–Trinajstić information content (AvgIpc) is 2.36. The van der Waals surface area contributed by atoms with E-state index in [0.29, 0.717) is 12.6 Å². The Morgan fingerprint density at radius 1 is 1.35 bits per heavy atom. The monoisotopic (exact) mass is 271 g/mol. The van der Waals surface area contributed by atoms with Gasteiger partial charge in [0, 0.05) is 46.6 Å². The zero-order valence-electron chi connectivity index (χ0n) is 11.8. The highest BCUT2D eigenvalue weighted by atomic mass is 16.3. The van der Waals surface area contributed by atoms with Gasteiger partial charge in [-0.2, -0.15) is 0 Å². The maximum Gasteiger partial charge on any atom is 0.0606 e. The summed E-state index contributed by atoms with van der Waals surface area (Å²) in [4.78, 5) is 6.67. The Kier molecular flexibility index (Phi) is 3.49. The Labute approximate surface area is 119 Å². The molecule has 1 fully saturated rings. The Bertz CT molecular complexity index is 622. The van der Waals surface area contributed by atoms with Gasteiger partial charge in [-0.1, -0.05) is 0 Å². The highest BCUT2D eigenvalue weighted by Gasteiger charge is 2.26. The van der Waals surface area contributed by atoms with E-state index in [1.165, 1.54) is 24.9 Å². The molecule has 0 spiro atoms. The molecule has 0 saturated heterocycles. The topological polar surface area (TPSA) is 62.4 Å². The molecule has 1 aromatic heterocycles. The number of pyridine rings is 1. The molecule has 0 bridgehead atoms. The normalized spacial score (nSPS) is 15.3. The van der Waals surface area contributed by atoms with Crippen molar-refractivity contribution < 1.29 is 5.11 Å². The Hall–Kier alpha value is -1.81. The second-order valence-corrected chi connectivity index (χ2v) is 5.55. The summed E-state index contributed by atoms with van der Waals surface area (Å²) in [6.45, 7) is 2.84. The summed E-state index contributed by atoms with van der Waals surface area (Å²) in [6.07, 6.45) is 5.54. The molecule has 4 nitrogen and oxygen atoms in total. The van der Waals surface area contributed by atoms with E-state index in [1.54, 1.807) is 0 Å². The maximum atomic E-state index is 9.37. The first-order valence-corrected chi connectivity index (χ1v) is 7.23. The van der Waals surface area contributed by atoms with Crippen LogP contribution in [-0.2, 0) is 0 Å². The van der Waals surface area contributed by atoms with E-state index in [0.717, 1.165) is 22.2 Å². The second-order valence-electron chi connectivity index (χ2n) is 5.55. The largest absolute Gasteiger partial charge is 0.398 e. The van der Waals surface area contributed by atoms with E-state index < -0.39 is 0 Å². The molecule has 0 amide bonds. The molecule has 0 atom stereocenters. The molecule has 1 aliphatic rings. The summed E-state index contributed by atoms with van der Waals surface area (Å²) in [5.41, 5.74) is 8.98. The Morgan fingerprint density at radius 2 is 2.15 bits per heavy atom. The standard InChI is InChI=1S/C16H21N3O/c1-11-9-13-14(10-18-11)15(17)5-6-16(13)19(7-8-20)12-3-2-4-12/h5-6,9-10,12,20H,2-4,7-8,17H2,1H3. The van der Waals surface area contributed by atoms with Gasteiger partial charge < -0.3 is 15.7 Å². The fraction of sp³-hybridized carbons (Fsp3) is 0.438. The number of fused-ring (bicyclic) bond motifs is 1. The zero-order chi connectivity index (χ0) is 14.1. The molecule has 106 valence electrons. The molecule has 20 heavy (non-hydrogen) atoms. The van der Waals surface area contributed by atoms with Gasteiger partial charge in [0.15, 0.2) is 0 Å². The molecule has 0 radical (unpaired) electrons. The molecule has 1 aliphatic carbocycles. The molecular formula is C16H21N3O. The third kappa shape index (κ3) is 2.20. The van der Waals surface area contributed by atoms with Crippen LogP contribution in [0.15, 0.2) is 24.4 Å². The third-order valence-electron chi connectivity index (χ3n) is 4.21. The summed E-state index contributed by atoms with van der Waals surface area (Å²) in [5.74, 6) is 0. The van der Waals surface area contributed by atoms with Gasteiger partial charge in [-0.3, -0.25) is 4.98 Å². The number of rotatable bonds is 4. The zero-order valence-corrected chi connectivity index (χ0v) is 11.8. The van der Waals surface area contributed by atoms with Crippen molar-refractivity contribution in [2.45, 2.75) is 32.2 Å². The molecule has 1 aromatic carbocycles. The van der Waals surface area contributed by atoms with E-state index in [1.807, 2.05) is 19.2 Å². The highest BCUT2D eigenvalue weighted by Crippen LogP contribution is 2.36. The van der Waals surface area contributed by atoms with Crippen LogP contribution in [0.5, 0.6) is 0 Å². The number of nitrogens with zero attached hydrogens (tertiary/aromatic N) is 2. The number of aromatic nitrogens is 1. The van der Waals surface area contributed by atoms with Crippen molar-refractivity contribution in [2.24, 2.45) is 0 Å². The maximum absolute atomic E-state index is 9.37. The number of benzene rings is 1. The van der Waals surface area contributed by atoms with Crippen LogP contribution in [0.25, 0.3) is 10.8 Å². The van der Waals surface area contributed by atoms with Crippen molar-refractivity contribution in [1.82, 2.24) is 4.98 Å². The minimum Gasteiger partial charge on any atom is -0.398 e. The SMILES string of the molecule is Cc1cc2c(N(CCO)C3CCC3)ccc(N)c2cn1. The predicted molar refractivity (Wildman–Crippen MR) is 83.0 cm³/mol. The fourth-order valence-corrected chi connectivity index (χ4v) is 2.91. The lowest BCUT2D eigenvalue weighted by Gasteiger charge is -2.39. The van der Waals surface area contributed by atoms with Gasteiger partial charge in [-0.15, -0.1) is 0 Å². The number of aliphatic hydroxyl groups is 1. The fourth-order valence-electron chi connectivity index (χ4n) is 2.91. The minimum atomic E-state index is 0.173. The first-order valence-electron chi connectivity index (χ1n) is 7.23. The van der Waals surface area contributed by atoms with Crippen LogP contribution in [-0.4, -0.2) is 29.3 Å². The van der Waals surface area contributed by atoms with Crippen LogP contribution in [0.3, 0.4) is 0 Å². The van der Waals surface area contributed by atoms with Crippen molar-refractivity contribution >= 4 is 22.1 Å². The number of nitrogens with two attached hydrogens (primary N) is 1. The number of aliphatic hydroxyl groups excluding tert-OH is 1. The van der Waals surface area contributed by atoms with E-state index in [9.17, 15) is 5.11 Å². The van der Waals surface area contributed by atoms with Gasteiger partial charge in [0.2, 0.25) is 0 Å². The van der Waals surface area contributed by atoms with Crippen molar-refractivity contribution in [3.8, 4) is 0 Å². The van der Waals surface area contributed by atoms with E-state index >= 15 is 0 Å². The van der Waals surface area contributed by atoms with E-state index in [4.69, 9.17) is 5.73 Å². The number of hydrogen-bond donors (Lipinski definition) is 2. The molecule has 1 saturated carbocycles. The minimum absolute atomic E-state index is 0.173. The first kappa shape index (κ1) is 13.2. The van der Waals surface area contributed by atoms with Crippen molar-refractivity contribution in [3.63, 3.8) is 0 Å². The van der Waals surface area contributed by atoms with Crippen LogP contribution >= 0.6 is 0 Å². The van der Waals surface area contributed by atoms with Gasteiger partial charge in [-0.25, -0.2) is 0 Å². The number of anilines is 2. The highest BCUT2D eigenvalue weighted by molar-refractivity contribution is 6.01. The van der Waals surface area contributed by atoms with Gasteiger partial charge in [0.05, 0.1) is 6.61 Å². The number of nitrogen functional groups attached to an aromatic ring is 1. The van der Waals surface area contributed by atoms with Crippen LogP contribution in [0.1, 0.15) is 25.0 Å². The van der Waals surface area contributed by atoms with Crippen molar-refractivity contribution in [2.75, 3.05) is 23.8 Å². The van der Waals surface area contributed by atoms with E-state index in [2.05, 4.69) is 22.0 Å². The Morgan fingerprint density at radius 3 is 2.80 bits per heavy atom. The lowest BCUT2D eigenvalue weighted by molar-refractivity contribution is 0.284. The van der Waals surface area contributed by atoms with Crippen LogP contribution < -0.4 is 10.6 Å². The second kappa shape index (κ2) is 5.29. The van der Waals surface area contributed by atoms with E-state index in [-0.39, 0.29) is 6.61 Å². The molecule has 4 heteroatoms. The average molecular weight is 271 g/mol. The molecule has 3 rings (SSSR count). The first-order chi connectivity index (χ1) is 9.70. The molecule has 2 aromatic rings. The van der Waals surface area contributed by atoms with Crippen molar-refractivity contribution in [1.29, 1.82) is 0 Å². The Balaban J connectivity index is 2.13. The van der Waals surface area contributed by atoms with Gasteiger partial charge >= 0.3 is 0 Å². The van der Waals surface area contributed by atoms with Crippen molar-refractivity contribution in [3.05, 3.63) is 30.1 Å². The smallest absolute Gasteiger partial charge is 0.0606 e. The lowest BCUT2D eigenvalue weighted by atomic mass is 9.90. The number of aryl methyl sites for hydroxylation is 1. The quantitative estimate of drug-likeness (QED) is 0.839. The van der Waals surface area contributed by atoms with Gasteiger partial charge in [-0.05, 0) is 44.4 Å². The summed E-state index contributed by atoms with van der Waals surface area (Å²) < 4.78 is 0. The molecular weight excluding hydrogens is 250 g/mol. The van der Waals surface area contributed by atoms with Crippen LogP contribution in [0.4, 0.5) is 11.4 Å². The third-order valence-corrected chi connectivity index (χ3v) is 4.21. The predicted octanol–water partition coefficient (Wildman–Crippen LogP) is 2.48. The summed E-state index contributed by atoms with van der Waals surface area (Å²) in [6, 6.07) is 6.65. The summed E-state index contributed by atoms with van der Waals surface area (Å²) in [7, 11) is 0. The summed E-state index contributed by atoms with van der Waals surface area (Å²) in [5, 5.41) is 11.5. The molecule has 0 unspecified atom stereocenters. The van der Waals surface area contributed by atoms with Crippen LogP contribution in [0, 0.1) is 6.92 Å². The molecule has 0 aliphatic heterocycles. The lowest BCUT2D eigenvalue weighted by Crippen LogP contribution is -2.42. The van der Waals surface area contributed by atoms with Gasteiger partial charge in [0.25, 0.3) is 0 Å². The van der Waals surface area contributed by atoms with Gasteiger partial charge in [0.1, 0.15) is 0 Å². The molecule has 1 heterocycles. The molecule has 3 N–H and O–H groups in total.